The van der Waals surface area contributed by atoms with Crippen molar-refractivity contribution >= 4 is 39.0 Å². The maximum atomic E-state index is 6.40. The second-order valence-electron chi connectivity index (χ2n) is 17.8. The van der Waals surface area contributed by atoms with Crippen molar-refractivity contribution in [3.05, 3.63) is 265 Å². The number of para-hydroxylation sites is 3. The van der Waals surface area contributed by atoms with Crippen molar-refractivity contribution in [3.63, 3.8) is 0 Å². The Morgan fingerprint density at radius 2 is 0.754 bits per heavy atom. The molecule has 0 radical (unpaired) electrons. The molecule has 2 aliphatic rings. The largest absolute Gasteiger partial charge is 0.456 e. The van der Waals surface area contributed by atoms with Crippen molar-refractivity contribution in [1.29, 1.82) is 0 Å². The highest BCUT2D eigenvalue weighted by molar-refractivity contribution is 6.12. The fourth-order valence-electron chi connectivity index (χ4n) is 11.4. The Balaban J connectivity index is 1.07. The van der Waals surface area contributed by atoms with Crippen molar-refractivity contribution in [2.75, 3.05) is 4.90 Å². The molecule has 0 saturated carbocycles. The van der Waals surface area contributed by atoms with Crippen LogP contribution in [0.5, 0.6) is 0 Å². The van der Waals surface area contributed by atoms with Gasteiger partial charge in [-0.3, -0.25) is 0 Å². The van der Waals surface area contributed by atoms with Gasteiger partial charge < -0.3 is 9.32 Å². The van der Waals surface area contributed by atoms with Gasteiger partial charge in [0, 0.05) is 38.6 Å². The van der Waals surface area contributed by atoms with E-state index in [1.165, 1.54) is 44.5 Å². The third-order valence-electron chi connectivity index (χ3n) is 14.2. The Kier molecular flexibility index (Phi) is 8.73. The van der Waals surface area contributed by atoms with Gasteiger partial charge in [0.2, 0.25) is 0 Å². The summed E-state index contributed by atoms with van der Waals surface area (Å²) in [5, 5.41) is 1.98. The summed E-state index contributed by atoms with van der Waals surface area (Å²) < 4.78 is 6.40. The van der Waals surface area contributed by atoms with Crippen LogP contribution >= 0.6 is 0 Å². The zero-order valence-electron chi connectivity index (χ0n) is 37.3. The SMILES string of the molecule is c1ccc(-c2nc(-c3ccccc3N(c3ccccc3-c3ccccc3)c3cccc4c3-c3ccccc3C43c4ccccc4-c4ccccc43)nc(-c3cccc4oc5ccccc5c34)n2)cc1. The lowest BCUT2D eigenvalue weighted by Crippen LogP contribution is -2.26. The third-order valence-corrected chi connectivity index (χ3v) is 14.2. The number of aromatic nitrogens is 3. The zero-order chi connectivity index (χ0) is 45.5. The Hall–Kier alpha value is -9.19. The fraction of sp³-hybridized carbons (Fsp3) is 0.0156. The molecule has 0 aliphatic heterocycles. The Morgan fingerprint density at radius 3 is 1.46 bits per heavy atom. The molecule has 322 valence electrons. The highest BCUT2D eigenvalue weighted by Gasteiger charge is 2.52. The van der Waals surface area contributed by atoms with Crippen LogP contribution in [-0.2, 0) is 5.41 Å². The summed E-state index contributed by atoms with van der Waals surface area (Å²) >= 11 is 0. The topological polar surface area (TPSA) is 55.1 Å². The Morgan fingerprint density at radius 1 is 0.304 bits per heavy atom. The number of hydrogen-bond acceptors (Lipinski definition) is 5. The summed E-state index contributed by atoms with van der Waals surface area (Å²) in [5.41, 5.74) is 19.1. The van der Waals surface area contributed by atoms with E-state index in [1.807, 2.05) is 48.5 Å². The number of hydrogen-bond donors (Lipinski definition) is 0. The number of benzene rings is 10. The van der Waals surface area contributed by atoms with Crippen LogP contribution in [0.4, 0.5) is 17.1 Å². The molecular formula is C64H40N4O. The van der Waals surface area contributed by atoms with Crippen molar-refractivity contribution in [3.8, 4) is 67.5 Å². The predicted molar refractivity (Wildman–Crippen MR) is 280 cm³/mol. The van der Waals surface area contributed by atoms with Gasteiger partial charge in [0.15, 0.2) is 17.5 Å². The summed E-state index contributed by atoms with van der Waals surface area (Å²) in [6, 6.07) is 86.4. The van der Waals surface area contributed by atoms with Crippen molar-refractivity contribution in [1.82, 2.24) is 15.0 Å². The van der Waals surface area contributed by atoms with Gasteiger partial charge in [-0.1, -0.05) is 206 Å². The van der Waals surface area contributed by atoms with E-state index < -0.39 is 5.41 Å². The van der Waals surface area contributed by atoms with Crippen molar-refractivity contribution < 1.29 is 4.42 Å². The lowest BCUT2D eigenvalue weighted by molar-refractivity contribution is 0.669. The second kappa shape index (κ2) is 15.4. The van der Waals surface area contributed by atoms with E-state index in [9.17, 15) is 0 Å². The van der Waals surface area contributed by atoms with Crippen LogP contribution < -0.4 is 4.90 Å². The fourth-order valence-corrected chi connectivity index (χ4v) is 11.4. The lowest BCUT2D eigenvalue weighted by atomic mass is 9.70. The standard InChI is InChI=1S/C64H40N4O/c1-3-21-41(22-4-1)43-25-10-16-36-54(43)68(56-38-20-35-53-60(56)46-28-9-15-34-52(46)64(53)50-32-13-7-26-44(50)45-27-8-14-33-51(45)64)55-37-17-11-29-47(55)62-65-61(42-23-5-2-6-24-42)66-63(67-62)49-31-19-40-58-59(49)48-30-12-18-39-57(48)69-58/h1-40H. The van der Waals surface area contributed by atoms with E-state index >= 15 is 0 Å². The summed E-state index contributed by atoms with van der Waals surface area (Å²) in [4.78, 5) is 18.6. The molecule has 0 fully saturated rings. The molecule has 0 saturated heterocycles. The zero-order valence-corrected chi connectivity index (χ0v) is 37.3. The third kappa shape index (κ3) is 5.81. The molecule has 2 aromatic heterocycles. The smallest absolute Gasteiger partial charge is 0.166 e. The molecule has 69 heavy (non-hydrogen) atoms. The van der Waals surface area contributed by atoms with Crippen LogP contribution in [0.15, 0.2) is 247 Å². The van der Waals surface area contributed by atoms with Gasteiger partial charge in [-0.15, -0.1) is 0 Å². The van der Waals surface area contributed by atoms with E-state index in [0.717, 1.165) is 66.8 Å². The average molecular weight is 881 g/mol. The minimum atomic E-state index is -0.523. The number of furan rings is 1. The average Bonchev–Trinajstić information content (AvgIpc) is 4.06. The summed E-state index contributed by atoms with van der Waals surface area (Å²) in [6.07, 6.45) is 0. The first kappa shape index (κ1) is 39.0. The van der Waals surface area contributed by atoms with E-state index in [4.69, 9.17) is 19.4 Å². The molecule has 10 aromatic carbocycles. The molecule has 0 amide bonds. The van der Waals surface area contributed by atoms with E-state index in [-0.39, 0.29) is 0 Å². The maximum absolute atomic E-state index is 6.40. The first-order chi connectivity index (χ1) is 34.3. The normalized spacial score (nSPS) is 12.8. The molecule has 2 aliphatic carbocycles. The molecular weight excluding hydrogens is 841 g/mol. The number of rotatable bonds is 7. The van der Waals surface area contributed by atoms with Gasteiger partial charge in [-0.05, 0) is 80.9 Å². The molecule has 2 heterocycles. The second-order valence-corrected chi connectivity index (χ2v) is 17.8. The van der Waals surface area contributed by atoms with Gasteiger partial charge in [-0.25, -0.2) is 15.0 Å². The van der Waals surface area contributed by atoms with Gasteiger partial charge in [0.05, 0.1) is 22.5 Å². The first-order valence-corrected chi connectivity index (χ1v) is 23.4. The summed E-state index contributed by atoms with van der Waals surface area (Å²) in [6.45, 7) is 0. The molecule has 0 unspecified atom stereocenters. The molecule has 0 atom stereocenters. The van der Waals surface area contributed by atoms with Gasteiger partial charge in [0.1, 0.15) is 11.2 Å². The van der Waals surface area contributed by atoms with Gasteiger partial charge in [-0.2, -0.15) is 0 Å². The Labute approximate surface area is 399 Å². The van der Waals surface area contributed by atoms with E-state index in [2.05, 4.69) is 199 Å². The quantitative estimate of drug-likeness (QED) is 0.160. The number of anilines is 3. The highest BCUT2D eigenvalue weighted by atomic mass is 16.3. The molecule has 1 spiro atoms. The van der Waals surface area contributed by atoms with Crippen LogP contribution in [0.2, 0.25) is 0 Å². The summed E-state index contributed by atoms with van der Waals surface area (Å²) in [7, 11) is 0. The molecule has 5 heteroatoms. The molecule has 0 N–H and O–H groups in total. The minimum absolute atomic E-state index is 0.523. The molecule has 12 aromatic rings. The van der Waals surface area contributed by atoms with Crippen molar-refractivity contribution in [2.24, 2.45) is 0 Å². The molecule has 0 bridgehead atoms. The monoisotopic (exact) mass is 880 g/mol. The van der Waals surface area contributed by atoms with E-state index in [0.29, 0.717) is 17.5 Å². The maximum Gasteiger partial charge on any atom is 0.166 e. The predicted octanol–water partition coefficient (Wildman–Crippen LogP) is 16.3. The van der Waals surface area contributed by atoms with Gasteiger partial charge in [0.25, 0.3) is 0 Å². The van der Waals surface area contributed by atoms with Crippen LogP contribution in [0.3, 0.4) is 0 Å². The van der Waals surface area contributed by atoms with Crippen LogP contribution in [0.25, 0.3) is 89.5 Å². The minimum Gasteiger partial charge on any atom is -0.456 e. The van der Waals surface area contributed by atoms with Crippen LogP contribution in [0, 0.1) is 0 Å². The highest BCUT2D eigenvalue weighted by Crippen LogP contribution is 2.65. The number of nitrogens with zero attached hydrogens (tertiary/aromatic N) is 4. The van der Waals surface area contributed by atoms with Gasteiger partial charge >= 0.3 is 0 Å². The van der Waals surface area contributed by atoms with Crippen molar-refractivity contribution in [2.45, 2.75) is 5.41 Å². The molecule has 14 rings (SSSR count). The van der Waals surface area contributed by atoms with E-state index in [1.54, 1.807) is 0 Å². The first-order valence-electron chi connectivity index (χ1n) is 23.4. The summed E-state index contributed by atoms with van der Waals surface area (Å²) in [5.74, 6) is 1.71. The Bertz CT molecular complexity index is 3940. The number of fused-ring (bicyclic) bond motifs is 13. The molecule has 5 nitrogen and oxygen atoms in total. The lowest BCUT2D eigenvalue weighted by Gasteiger charge is -2.33. The van der Waals surface area contributed by atoms with Crippen LogP contribution in [-0.4, -0.2) is 15.0 Å². The van der Waals surface area contributed by atoms with Crippen LogP contribution in [0.1, 0.15) is 22.3 Å².